The monoisotopic (exact) mass is 448 g/mol. The number of aromatic nitrogens is 2. The molecule has 0 atom stereocenters. The quantitative estimate of drug-likeness (QED) is 0.587. The van der Waals surface area contributed by atoms with Gasteiger partial charge in [-0.1, -0.05) is 23.2 Å². The number of amides is 2. The van der Waals surface area contributed by atoms with Crippen LogP contribution in [0.25, 0.3) is 0 Å². The third kappa shape index (κ3) is 4.67. The summed E-state index contributed by atoms with van der Waals surface area (Å²) in [6, 6.07) is 9.61. The van der Waals surface area contributed by atoms with E-state index in [1.54, 1.807) is 43.4 Å². The van der Waals surface area contributed by atoms with Crippen LogP contribution in [0.15, 0.2) is 42.6 Å². The lowest BCUT2D eigenvalue weighted by Gasteiger charge is -2.09. The lowest BCUT2D eigenvalue weighted by Crippen LogP contribution is -2.19. The zero-order valence-corrected chi connectivity index (χ0v) is 17.8. The van der Waals surface area contributed by atoms with Gasteiger partial charge in [0.15, 0.2) is 5.69 Å². The smallest absolute Gasteiger partial charge is 0.276 e. The largest absolute Gasteiger partial charge is 0.495 e. The third-order valence-corrected chi connectivity index (χ3v) is 4.70. The Bertz CT molecular complexity index is 1030. The van der Waals surface area contributed by atoms with Gasteiger partial charge in [0, 0.05) is 24.6 Å². The third-order valence-electron chi connectivity index (χ3n) is 4.11. The number of nitrogens with zero attached hydrogens (tertiary/aromatic N) is 2. The number of halogens is 2. The molecule has 10 heteroatoms. The minimum absolute atomic E-state index is 0.0402. The molecule has 0 saturated heterocycles. The number of hydrogen-bond acceptors (Lipinski definition) is 5. The SMILES string of the molecule is COc1ccc(NC(=O)c2cn(C)nc2C(=O)Nc2ccc(OC)c(Cl)c2)cc1Cl. The van der Waals surface area contributed by atoms with Crippen molar-refractivity contribution < 1.29 is 19.1 Å². The first kappa shape index (κ1) is 21.5. The molecule has 2 amide bonds. The Balaban J connectivity index is 1.81. The van der Waals surface area contributed by atoms with Crippen molar-refractivity contribution >= 4 is 46.4 Å². The fourth-order valence-corrected chi connectivity index (χ4v) is 3.21. The van der Waals surface area contributed by atoms with Gasteiger partial charge in [-0.25, -0.2) is 0 Å². The first-order valence-electron chi connectivity index (χ1n) is 8.65. The highest BCUT2D eigenvalue weighted by Crippen LogP contribution is 2.29. The van der Waals surface area contributed by atoms with Crippen LogP contribution in [0.4, 0.5) is 11.4 Å². The van der Waals surface area contributed by atoms with Crippen molar-refractivity contribution in [2.75, 3.05) is 24.9 Å². The number of nitrogens with one attached hydrogen (secondary N) is 2. The van der Waals surface area contributed by atoms with Gasteiger partial charge < -0.3 is 20.1 Å². The Morgan fingerprint density at radius 3 is 1.87 bits per heavy atom. The number of methoxy groups -OCH3 is 2. The van der Waals surface area contributed by atoms with Gasteiger partial charge in [0.05, 0.1) is 29.8 Å². The van der Waals surface area contributed by atoms with Gasteiger partial charge in [-0.05, 0) is 36.4 Å². The van der Waals surface area contributed by atoms with Gasteiger partial charge in [0.25, 0.3) is 11.8 Å². The maximum absolute atomic E-state index is 12.8. The first-order chi connectivity index (χ1) is 14.3. The summed E-state index contributed by atoms with van der Waals surface area (Å²) in [4.78, 5) is 25.5. The van der Waals surface area contributed by atoms with E-state index >= 15 is 0 Å². The molecule has 156 valence electrons. The molecule has 3 rings (SSSR count). The van der Waals surface area contributed by atoms with E-state index in [2.05, 4.69) is 15.7 Å². The van der Waals surface area contributed by atoms with Crippen LogP contribution in [0.2, 0.25) is 10.0 Å². The molecule has 3 aromatic rings. The number of rotatable bonds is 6. The molecule has 0 unspecified atom stereocenters. The molecule has 0 bridgehead atoms. The van der Waals surface area contributed by atoms with Gasteiger partial charge in [0.1, 0.15) is 11.5 Å². The fourth-order valence-electron chi connectivity index (χ4n) is 2.70. The second-order valence-electron chi connectivity index (χ2n) is 6.17. The molecule has 0 saturated carbocycles. The van der Waals surface area contributed by atoms with Crippen molar-refractivity contribution in [3.63, 3.8) is 0 Å². The molecule has 0 spiro atoms. The van der Waals surface area contributed by atoms with Crippen LogP contribution >= 0.6 is 23.2 Å². The van der Waals surface area contributed by atoms with Crippen LogP contribution in [-0.2, 0) is 7.05 Å². The zero-order valence-electron chi connectivity index (χ0n) is 16.3. The van der Waals surface area contributed by atoms with Gasteiger partial charge in [-0.15, -0.1) is 0 Å². The van der Waals surface area contributed by atoms with Gasteiger partial charge in [-0.3, -0.25) is 14.3 Å². The Morgan fingerprint density at radius 1 is 0.900 bits per heavy atom. The summed E-state index contributed by atoms with van der Waals surface area (Å²) in [6.07, 6.45) is 1.45. The average Bonchev–Trinajstić information content (AvgIpc) is 3.10. The fraction of sp³-hybridized carbons (Fsp3) is 0.150. The van der Waals surface area contributed by atoms with Crippen molar-refractivity contribution in [2.24, 2.45) is 7.05 Å². The van der Waals surface area contributed by atoms with Crippen molar-refractivity contribution in [1.82, 2.24) is 9.78 Å². The maximum Gasteiger partial charge on any atom is 0.276 e. The van der Waals surface area contributed by atoms with Crippen LogP contribution in [0.3, 0.4) is 0 Å². The summed E-state index contributed by atoms with van der Waals surface area (Å²) in [5.74, 6) is -0.114. The molecule has 1 heterocycles. The summed E-state index contributed by atoms with van der Waals surface area (Å²) in [7, 11) is 4.60. The van der Waals surface area contributed by atoms with Crippen molar-refractivity contribution in [2.45, 2.75) is 0 Å². The Kier molecular flexibility index (Phi) is 6.49. The number of benzene rings is 2. The molecular formula is C20H18Cl2N4O4. The zero-order chi connectivity index (χ0) is 21.8. The average molecular weight is 449 g/mol. The first-order valence-corrected chi connectivity index (χ1v) is 9.41. The molecule has 0 aliphatic heterocycles. The second-order valence-corrected chi connectivity index (χ2v) is 6.99. The van der Waals surface area contributed by atoms with Crippen molar-refractivity contribution in [1.29, 1.82) is 0 Å². The molecule has 0 radical (unpaired) electrons. The predicted molar refractivity (Wildman–Crippen MR) is 115 cm³/mol. The predicted octanol–water partition coefficient (Wildman–Crippen LogP) is 4.25. The van der Waals surface area contributed by atoms with Crippen LogP contribution in [-0.4, -0.2) is 35.8 Å². The molecule has 0 fully saturated rings. The molecule has 0 aliphatic rings. The lowest BCUT2D eigenvalue weighted by atomic mass is 10.2. The Hall–Kier alpha value is -3.23. The van der Waals surface area contributed by atoms with E-state index in [4.69, 9.17) is 32.7 Å². The second kappa shape index (κ2) is 9.06. The lowest BCUT2D eigenvalue weighted by molar-refractivity contribution is 0.0988. The normalized spacial score (nSPS) is 10.4. The molecule has 2 aromatic carbocycles. The van der Waals surface area contributed by atoms with Crippen molar-refractivity contribution in [3.05, 3.63) is 63.9 Å². The van der Waals surface area contributed by atoms with Gasteiger partial charge in [-0.2, -0.15) is 5.10 Å². The summed E-state index contributed by atoms with van der Waals surface area (Å²) in [6.45, 7) is 0. The molecule has 8 nitrogen and oxygen atoms in total. The minimum atomic E-state index is -0.560. The number of hydrogen-bond donors (Lipinski definition) is 2. The van der Waals surface area contributed by atoms with E-state index in [0.29, 0.717) is 32.9 Å². The molecule has 2 N–H and O–H groups in total. The van der Waals surface area contributed by atoms with Gasteiger partial charge in [0.2, 0.25) is 0 Å². The summed E-state index contributed by atoms with van der Waals surface area (Å²) in [5, 5.41) is 10.2. The number of aryl methyl sites for hydroxylation is 1. The Morgan fingerprint density at radius 2 is 1.40 bits per heavy atom. The number of ether oxygens (including phenoxy) is 2. The highest BCUT2D eigenvalue weighted by molar-refractivity contribution is 6.32. The number of carbonyl (C=O) groups excluding carboxylic acids is 2. The van der Waals surface area contributed by atoms with Crippen LogP contribution < -0.4 is 20.1 Å². The molecule has 1 aromatic heterocycles. The van der Waals surface area contributed by atoms with Crippen molar-refractivity contribution in [3.8, 4) is 11.5 Å². The highest BCUT2D eigenvalue weighted by Gasteiger charge is 2.22. The summed E-state index contributed by atoms with van der Waals surface area (Å²) >= 11 is 12.2. The van der Waals surface area contributed by atoms with Gasteiger partial charge >= 0.3 is 0 Å². The van der Waals surface area contributed by atoms with Crippen LogP contribution in [0, 0.1) is 0 Å². The van der Waals surface area contributed by atoms with E-state index in [-0.39, 0.29) is 11.3 Å². The minimum Gasteiger partial charge on any atom is -0.495 e. The number of anilines is 2. The maximum atomic E-state index is 12.8. The van der Waals surface area contributed by atoms with Crippen LogP contribution in [0.5, 0.6) is 11.5 Å². The topological polar surface area (TPSA) is 94.5 Å². The van der Waals surface area contributed by atoms with E-state index in [1.165, 1.54) is 25.1 Å². The van der Waals surface area contributed by atoms with E-state index in [9.17, 15) is 9.59 Å². The molecule has 0 aliphatic carbocycles. The van der Waals surface area contributed by atoms with E-state index < -0.39 is 11.8 Å². The highest BCUT2D eigenvalue weighted by atomic mass is 35.5. The van der Waals surface area contributed by atoms with E-state index in [1.807, 2.05) is 0 Å². The summed E-state index contributed by atoms with van der Waals surface area (Å²) in [5.41, 5.74) is 0.941. The standard InChI is InChI=1S/C20H18Cl2N4O4/c1-26-10-13(19(27)23-11-4-6-16(29-2)14(21)8-11)18(25-26)20(28)24-12-5-7-17(30-3)15(22)9-12/h4-10H,1-3H3,(H,23,27)(H,24,28). The number of carbonyl (C=O) groups is 2. The Labute approximate surface area is 182 Å². The molecular weight excluding hydrogens is 431 g/mol. The van der Waals surface area contributed by atoms with Crippen LogP contribution in [0.1, 0.15) is 20.8 Å². The van der Waals surface area contributed by atoms with E-state index in [0.717, 1.165) is 0 Å². The molecule has 30 heavy (non-hydrogen) atoms. The summed E-state index contributed by atoms with van der Waals surface area (Å²) < 4.78 is 11.6.